The van der Waals surface area contributed by atoms with Crippen molar-refractivity contribution in [3.8, 4) is 23.0 Å². The van der Waals surface area contributed by atoms with E-state index in [-0.39, 0.29) is 22.9 Å². The molecule has 4 aromatic rings. The molecule has 3 aromatic carbocycles. The third-order valence-corrected chi connectivity index (χ3v) is 6.23. The molecule has 5 rings (SSSR count). The van der Waals surface area contributed by atoms with Gasteiger partial charge in [-0.2, -0.15) is 0 Å². The van der Waals surface area contributed by atoms with Crippen LogP contribution in [0.25, 0.3) is 17.0 Å². The Bertz CT molecular complexity index is 1520. The van der Waals surface area contributed by atoms with Crippen molar-refractivity contribution in [3.63, 3.8) is 0 Å². The van der Waals surface area contributed by atoms with Crippen molar-refractivity contribution in [2.24, 2.45) is 0 Å². The number of Topliss-reactive ketones (excluding diaryl/α,β-unsaturated/α-hetero) is 1. The second-order valence-electron chi connectivity index (χ2n) is 8.37. The fourth-order valence-electron chi connectivity index (χ4n) is 4.54. The number of nitrogens with zero attached hydrogens (tertiary/aromatic N) is 1. The summed E-state index contributed by atoms with van der Waals surface area (Å²) in [6, 6.07) is 16.3. The zero-order chi connectivity index (χ0) is 25.4. The number of para-hydroxylation sites is 1. The average Bonchev–Trinajstić information content (AvgIpc) is 3.40. The van der Waals surface area contributed by atoms with Crippen LogP contribution in [0.1, 0.15) is 38.8 Å². The van der Waals surface area contributed by atoms with Crippen LogP contribution in [0.5, 0.6) is 23.0 Å². The molecule has 7 nitrogen and oxygen atoms in total. The van der Waals surface area contributed by atoms with Crippen molar-refractivity contribution >= 4 is 28.7 Å². The molecule has 0 aliphatic carbocycles. The van der Waals surface area contributed by atoms with E-state index < -0.39 is 5.97 Å². The molecule has 0 amide bonds. The highest BCUT2D eigenvalue weighted by molar-refractivity contribution is 6.16. The van der Waals surface area contributed by atoms with E-state index in [1.807, 2.05) is 24.4 Å². The van der Waals surface area contributed by atoms with Crippen LogP contribution in [0.3, 0.4) is 0 Å². The molecule has 0 saturated carbocycles. The summed E-state index contributed by atoms with van der Waals surface area (Å²) in [5, 5.41) is 1.04. The normalized spacial score (nSPS) is 13.6. The molecule has 0 fully saturated rings. The molecule has 7 heteroatoms. The predicted molar refractivity (Wildman–Crippen MR) is 136 cm³/mol. The molecule has 0 radical (unpaired) electrons. The molecule has 182 valence electrons. The lowest BCUT2D eigenvalue weighted by Crippen LogP contribution is -2.12. The van der Waals surface area contributed by atoms with Crippen LogP contribution in [0.4, 0.5) is 0 Å². The van der Waals surface area contributed by atoms with Gasteiger partial charge in [0, 0.05) is 35.3 Å². The van der Waals surface area contributed by atoms with Gasteiger partial charge >= 0.3 is 5.97 Å². The number of esters is 1. The van der Waals surface area contributed by atoms with Crippen molar-refractivity contribution in [1.82, 2.24) is 4.57 Å². The van der Waals surface area contributed by atoms with Gasteiger partial charge in [0.2, 0.25) is 5.78 Å². The first-order chi connectivity index (χ1) is 17.4. The Morgan fingerprint density at radius 3 is 2.44 bits per heavy atom. The minimum Gasteiger partial charge on any atom is -0.496 e. The summed E-state index contributed by atoms with van der Waals surface area (Å²) < 4.78 is 24.4. The summed E-state index contributed by atoms with van der Waals surface area (Å²) >= 11 is 0. The standard InChI is InChI=1S/C29H25NO6/c1-5-30-16-18(20-9-6-7-10-21(20)30)14-25-28(31)26-17(2)13-19(15-24(26)36-25)35-29(32)27-22(33-3)11-8-12-23(27)34-4/h6-16H,5H2,1-4H3/b25-14-. The Morgan fingerprint density at radius 2 is 1.75 bits per heavy atom. The van der Waals surface area contributed by atoms with Crippen LogP contribution in [0, 0.1) is 6.92 Å². The SMILES string of the molecule is CCn1cc(/C=C2\Oc3cc(OC(=O)c4c(OC)cccc4OC)cc(C)c3C2=O)c2ccccc21. The minimum absolute atomic E-state index is 0.172. The van der Waals surface area contributed by atoms with Crippen LogP contribution >= 0.6 is 0 Å². The summed E-state index contributed by atoms with van der Waals surface area (Å²) in [6.45, 7) is 4.67. The summed E-state index contributed by atoms with van der Waals surface area (Å²) in [5.74, 6) is 0.638. The predicted octanol–water partition coefficient (Wildman–Crippen LogP) is 5.82. The zero-order valence-corrected chi connectivity index (χ0v) is 20.5. The fourth-order valence-corrected chi connectivity index (χ4v) is 4.54. The highest BCUT2D eigenvalue weighted by atomic mass is 16.5. The maximum absolute atomic E-state index is 13.2. The first kappa shape index (κ1) is 23.2. The minimum atomic E-state index is -0.642. The molecule has 0 bridgehead atoms. The van der Waals surface area contributed by atoms with Gasteiger partial charge in [-0.05, 0) is 49.8 Å². The van der Waals surface area contributed by atoms with Crippen molar-refractivity contribution < 1.29 is 28.5 Å². The van der Waals surface area contributed by atoms with Gasteiger partial charge in [-0.15, -0.1) is 0 Å². The summed E-state index contributed by atoms with van der Waals surface area (Å²) in [5.41, 5.74) is 3.26. The second kappa shape index (κ2) is 9.26. The first-order valence-corrected chi connectivity index (χ1v) is 11.5. The Kier molecular flexibility index (Phi) is 5.98. The van der Waals surface area contributed by atoms with Crippen molar-refractivity contribution in [2.45, 2.75) is 20.4 Å². The number of allylic oxidation sites excluding steroid dienone is 1. The first-order valence-electron chi connectivity index (χ1n) is 11.5. The van der Waals surface area contributed by atoms with Gasteiger partial charge in [0.25, 0.3) is 0 Å². The number of ketones is 1. The molecule has 2 heterocycles. The quantitative estimate of drug-likeness (QED) is 0.195. The van der Waals surface area contributed by atoms with Crippen molar-refractivity contribution in [2.75, 3.05) is 14.2 Å². The largest absolute Gasteiger partial charge is 0.496 e. The van der Waals surface area contributed by atoms with Crippen LogP contribution < -0.4 is 18.9 Å². The number of hydrogen-bond donors (Lipinski definition) is 0. The maximum atomic E-state index is 13.2. The van der Waals surface area contributed by atoms with E-state index >= 15 is 0 Å². The third-order valence-electron chi connectivity index (χ3n) is 6.23. The lowest BCUT2D eigenvalue weighted by molar-refractivity contribution is 0.0727. The van der Waals surface area contributed by atoms with Gasteiger partial charge in [0.05, 0.1) is 19.8 Å². The summed E-state index contributed by atoms with van der Waals surface area (Å²) in [6.07, 6.45) is 3.78. The van der Waals surface area contributed by atoms with Gasteiger partial charge in [0.15, 0.2) is 5.76 Å². The number of carbonyl (C=O) groups is 2. The van der Waals surface area contributed by atoms with Crippen LogP contribution in [-0.4, -0.2) is 30.5 Å². The van der Waals surface area contributed by atoms with Crippen LogP contribution in [0.2, 0.25) is 0 Å². The van der Waals surface area contributed by atoms with Gasteiger partial charge in [0.1, 0.15) is 28.6 Å². The van der Waals surface area contributed by atoms with E-state index in [0.717, 1.165) is 23.0 Å². The molecular formula is C29H25NO6. The zero-order valence-electron chi connectivity index (χ0n) is 20.5. The van der Waals surface area contributed by atoms with E-state index in [1.165, 1.54) is 14.2 Å². The number of hydrogen-bond acceptors (Lipinski definition) is 6. The highest BCUT2D eigenvalue weighted by Gasteiger charge is 2.31. The molecule has 1 aliphatic heterocycles. The van der Waals surface area contributed by atoms with E-state index in [4.69, 9.17) is 18.9 Å². The Hall–Kier alpha value is -4.52. The smallest absolute Gasteiger partial charge is 0.351 e. The molecule has 0 atom stereocenters. The molecule has 0 saturated heterocycles. The summed E-state index contributed by atoms with van der Waals surface area (Å²) in [7, 11) is 2.94. The van der Waals surface area contributed by atoms with E-state index in [0.29, 0.717) is 28.4 Å². The Morgan fingerprint density at radius 1 is 1.03 bits per heavy atom. The van der Waals surface area contributed by atoms with Crippen molar-refractivity contribution in [3.05, 3.63) is 88.8 Å². The number of rotatable bonds is 6. The molecule has 0 N–H and O–H groups in total. The number of methoxy groups -OCH3 is 2. The maximum Gasteiger partial charge on any atom is 0.351 e. The van der Waals surface area contributed by atoms with Gasteiger partial charge < -0.3 is 23.5 Å². The highest BCUT2D eigenvalue weighted by Crippen LogP contribution is 2.39. The number of ether oxygens (including phenoxy) is 4. The summed E-state index contributed by atoms with van der Waals surface area (Å²) in [4.78, 5) is 26.2. The topological polar surface area (TPSA) is 76.0 Å². The monoisotopic (exact) mass is 483 g/mol. The lowest BCUT2D eigenvalue weighted by atomic mass is 10.0. The molecule has 1 aromatic heterocycles. The van der Waals surface area contributed by atoms with Gasteiger partial charge in [-0.3, -0.25) is 4.79 Å². The second-order valence-corrected chi connectivity index (χ2v) is 8.37. The van der Waals surface area contributed by atoms with Gasteiger partial charge in [-0.25, -0.2) is 4.79 Å². The van der Waals surface area contributed by atoms with Gasteiger partial charge in [-0.1, -0.05) is 24.3 Å². The molecular weight excluding hydrogens is 458 g/mol. The lowest BCUT2D eigenvalue weighted by Gasteiger charge is -2.13. The van der Waals surface area contributed by atoms with E-state index in [1.54, 1.807) is 43.3 Å². The Labute approximate surface area is 208 Å². The average molecular weight is 484 g/mol. The molecule has 0 spiro atoms. The van der Waals surface area contributed by atoms with Crippen LogP contribution in [-0.2, 0) is 6.54 Å². The number of aromatic nitrogens is 1. The molecule has 36 heavy (non-hydrogen) atoms. The fraction of sp³-hybridized carbons (Fsp3) is 0.172. The third kappa shape index (κ3) is 3.88. The number of fused-ring (bicyclic) bond motifs is 2. The molecule has 0 unspecified atom stereocenters. The van der Waals surface area contributed by atoms with E-state index in [2.05, 4.69) is 17.6 Å². The molecule has 1 aliphatic rings. The number of carbonyl (C=O) groups excluding carboxylic acids is 2. The van der Waals surface area contributed by atoms with E-state index in [9.17, 15) is 9.59 Å². The van der Waals surface area contributed by atoms with Crippen molar-refractivity contribution in [1.29, 1.82) is 0 Å². The van der Waals surface area contributed by atoms with Crippen LogP contribution in [0.15, 0.2) is 66.6 Å². The Balaban J connectivity index is 1.47. The number of aryl methyl sites for hydroxylation is 2. The number of benzene rings is 3.